The van der Waals surface area contributed by atoms with Crippen molar-refractivity contribution in [1.82, 2.24) is 4.90 Å². The van der Waals surface area contributed by atoms with Crippen LogP contribution in [-0.2, 0) is 11.3 Å². The zero-order valence-corrected chi connectivity index (χ0v) is 22.6. The third-order valence-electron chi connectivity index (χ3n) is 7.71. The van der Waals surface area contributed by atoms with Crippen molar-refractivity contribution < 1.29 is 19.1 Å². The molecule has 37 heavy (non-hydrogen) atoms. The van der Waals surface area contributed by atoms with Crippen molar-refractivity contribution in [2.24, 2.45) is 11.7 Å². The topological polar surface area (TPSA) is 93.9 Å². The monoisotopic (exact) mass is 527 g/mol. The number of hydrogen-bond acceptors (Lipinski definition) is 5. The molecule has 2 amide bonds. The van der Waals surface area contributed by atoms with E-state index in [9.17, 15) is 9.59 Å². The van der Waals surface area contributed by atoms with Crippen molar-refractivity contribution in [3.8, 4) is 11.5 Å². The van der Waals surface area contributed by atoms with E-state index in [1.54, 1.807) is 37.4 Å². The Morgan fingerprint density at radius 3 is 2.35 bits per heavy atom. The lowest BCUT2D eigenvalue weighted by molar-refractivity contribution is -0.141. The lowest BCUT2D eigenvalue weighted by atomic mass is 9.85. The highest BCUT2D eigenvalue weighted by molar-refractivity contribution is 6.31. The number of methoxy groups -OCH3 is 2. The molecule has 2 unspecified atom stereocenters. The van der Waals surface area contributed by atoms with Gasteiger partial charge in [0.05, 0.1) is 14.2 Å². The molecular formula is C29H38ClN3O4. The molecule has 0 aromatic heterocycles. The number of halogens is 1. The van der Waals surface area contributed by atoms with Crippen molar-refractivity contribution in [1.29, 1.82) is 0 Å². The van der Waals surface area contributed by atoms with E-state index >= 15 is 0 Å². The Morgan fingerprint density at radius 1 is 0.946 bits per heavy atom. The molecule has 2 aliphatic rings. The Hall–Kier alpha value is -2.77. The second-order valence-corrected chi connectivity index (χ2v) is 10.6. The molecule has 7 nitrogen and oxygen atoms in total. The summed E-state index contributed by atoms with van der Waals surface area (Å²) in [4.78, 5) is 28.7. The van der Waals surface area contributed by atoms with Crippen LogP contribution < -0.4 is 20.5 Å². The van der Waals surface area contributed by atoms with Gasteiger partial charge in [-0.05, 0) is 67.6 Å². The van der Waals surface area contributed by atoms with E-state index in [-0.39, 0.29) is 29.8 Å². The standard InChI is InChI=1S/C29H38ClN3O4/c1-36-26-15-12-20(17-27(26)37-2)28(34)32-22-13-14-23(30)21(16-22)18-33(25-11-7-6-10-24(25)31)29(35)19-8-4-3-5-9-19/h12-17,19,24-25H,3-11,18,31H2,1-2H3,(H,32,34). The van der Waals surface area contributed by atoms with Crippen LogP contribution in [0.3, 0.4) is 0 Å². The van der Waals surface area contributed by atoms with Gasteiger partial charge in [0.25, 0.3) is 5.91 Å². The summed E-state index contributed by atoms with van der Waals surface area (Å²) in [7, 11) is 3.08. The van der Waals surface area contributed by atoms with Gasteiger partial charge >= 0.3 is 0 Å². The second-order valence-electron chi connectivity index (χ2n) is 10.1. The lowest BCUT2D eigenvalue weighted by Gasteiger charge is -2.41. The van der Waals surface area contributed by atoms with Gasteiger partial charge in [-0.3, -0.25) is 9.59 Å². The van der Waals surface area contributed by atoms with Gasteiger partial charge in [-0.2, -0.15) is 0 Å². The maximum Gasteiger partial charge on any atom is 0.255 e. The molecule has 2 aromatic carbocycles. The Morgan fingerprint density at radius 2 is 1.65 bits per heavy atom. The highest BCUT2D eigenvalue weighted by Crippen LogP contribution is 2.32. The number of rotatable bonds is 8. The Balaban J connectivity index is 1.55. The summed E-state index contributed by atoms with van der Waals surface area (Å²) in [6.45, 7) is 0.382. The molecule has 200 valence electrons. The minimum atomic E-state index is -0.279. The molecule has 0 aliphatic heterocycles. The van der Waals surface area contributed by atoms with Gasteiger partial charge in [-0.15, -0.1) is 0 Å². The third-order valence-corrected chi connectivity index (χ3v) is 8.08. The van der Waals surface area contributed by atoms with Crippen molar-refractivity contribution in [2.45, 2.75) is 76.4 Å². The van der Waals surface area contributed by atoms with E-state index in [2.05, 4.69) is 5.32 Å². The van der Waals surface area contributed by atoms with Crippen molar-refractivity contribution in [3.63, 3.8) is 0 Å². The predicted octanol–water partition coefficient (Wildman–Crippen LogP) is 5.79. The molecule has 0 heterocycles. The number of carbonyl (C=O) groups excluding carboxylic acids is 2. The Kier molecular flexibility index (Phi) is 9.33. The summed E-state index contributed by atoms with van der Waals surface area (Å²) in [5.74, 6) is 0.996. The van der Waals surface area contributed by atoms with Gasteiger partial charge < -0.3 is 25.4 Å². The number of carbonyl (C=O) groups is 2. The first-order chi connectivity index (χ1) is 17.9. The van der Waals surface area contributed by atoms with Crippen molar-refractivity contribution in [3.05, 3.63) is 52.5 Å². The summed E-state index contributed by atoms with van der Waals surface area (Å²) < 4.78 is 10.6. The molecule has 2 aliphatic carbocycles. The van der Waals surface area contributed by atoms with Crippen LogP contribution in [0.5, 0.6) is 11.5 Å². The molecule has 2 aromatic rings. The molecule has 0 radical (unpaired) electrons. The molecule has 0 saturated heterocycles. The summed E-state index contributed by atoms with van der Waals surface area (Å²) in [6, 6.07) is 10.4. The fourth-order valence-electron chi connectivity index (χ4n) is 5.61. The summed E-state index contributed by atoms with van der Waals surface area (Å²) in [5.41, 5.74) is 8.39. The van der Waals surface area contributed by atoms with E-state index in [4.69, 9.17) is 26.8 Å². The number of anilines is 1. The summed E-state index contributed by atoms with van der Waals surface area (Å²) in [5, 5.41) is 3.51. The van der Waals surface area contributed by atoms with Crippen LogP contribution in [0.25, 0.3) is 0 Å². The maximum atomic E-state index is 13.8. The van der Waals surface area contributed by atoms with Gasteiger partial charge in [0.1, 0.15) is 0 Å². The van der Waals surface area contributed by atoms with E-state index in [0.717, 1.165) is 56.9 Å². The van der Waals surface area contributed by atoms with E-state index in [1.807, 2.05) is 11.0 Å². The lowest BCUT2D eigenvalue weighted by Crippen LogP contribution is -2.53. The summed E-state index contributed by atoms with van der Waals surface area (Å²) >= 11 is 6.62. The minimum Gasteiger partial charge on any atom is -0.493 e. The Bertz CT molecular complexity index is 1100. The number of nitrogens with one attached hydrogen (secondary N) is 1. The van der Waals surface area contributed by atoms with Crippen molar-refractivity contribution >= 4 is 29.1 Å². The van der Waals surface area contributed by atoms with Gasteiger partial charge in [0, 0.05) is 40.8 Å². The van der Waals surface area contributed by atoms with Crippen molar-refractivity contribution in [2.75, 3.05) is 19.5 Å². The van der Waals surface area contributed by atoms with Crippen LogP contribution in [-0.4, -0.2) is 43.0 Å². The van der Waals surface area contributed by atoms with Crippen LogP contribution in [0.2, 0.25) is 5.02 Å². The SMILES string of the molecule is COc1ccc(C(=O)Nc2ccc(Cl)c(CN(C(=O)C3CCCCC3)C3CCCCC3N)c2)cc1OC. The zero-order chi connectivity index (χ0) is 26.4. The van der Waals surface area contributed by atoms with Gasteiger partial charge in [0.15, 0.2) is 11.5 Å². The normalized spacial score (nSPS) is 20.2. The fourth-order valence-corrected chi connectivity index (χ4v) is 5.78. The smallest absolute Gasteiger partial charge is 0.255 e. The number of benzene rings is 2. The van der Waals surface area contributed by atoms with Crippen LogP contribution >= 0.6 is 11.6 Å². The van der Waals surface area contributed by atoms with E-state index < -0.39 is 0 Å². The molecule has 3 N–H and O–H groups in total. The van der Waals surface area contributed by atoms with Gasteiger partial charge in [-0.25, -0.2) is 0 Å². The number of amides is 2. The fraction of sp³-hybridized carbons (Fsp3) is 0.517. The molecule has 4 rings (SSSR count). The Labute approximate surface area is 224 Å². The van der Waals surface area contributed by atoms with Gasteiger partial charge in [-0.1, -0.05) is 43.7 Å². The molecule has 2 atom stereocenters. The van der Waals surface area contributed by atoms with E-state index in [0.29, 0.717) is 34.3 Å². The number of nitrogens with two attached hydrogens (primary N) is 1. The number of ether oxygens (including phenoxy) is 2. The molecule has 2 fully saturated rings. The second kappa shape index (κ2) is 12.7. The minimum absolute atomic E-state index is 0.00394. The first-order valence-electron chi connectivity index (χ1n) is 13.3. The van der Waals surface area contributed by atoms with Gasteiger partial charge in [0.2, 0.25) is 5.91 Å². The number of nitrogens with zero attached hydrogens (tertiary/aromatic N) is 1. The van der Waals surface area contributed by atoms with Crippen LogP contribution in [0, 0.1) is 5.92 Å². The van der Waals surface area contributed by atoms with Crippen LogP contribution in [0.4, 0.5) is 5.69 Å². The maximum absolute atomic E-state index is 13.8. The summed E-state index contributed by atoms with van der Waals surface area (Å²) in [6.07, 6.45) is 9.27. The zero-order valence-electron chi connectivity index (χ0n) is 21.8. The molecule has 2 saturated carbocycles. The average Bonchev–Trinajstić information content (AvgIpc) is 2.93. The van der Waals surface area contributed by atoms with Crippen LogP contribution in [0.1, 0.15) is 73.7 Å². The van der Waals surface area contributed by atoms with Crippen LogP contribution in [0.15, 0.2) is 36.4 Å². The molecule has 0 spiro atoms. The molecular weight excluding hydrogens is 490 g/mol. The first kappa shape index (κ1) is 27.3. The average molecular weight is 528 g/mol. The predicted molar refractivity (Wildman–Crippen MR) is 146 cm³/mol. The first-order valence-corrected chi connectivity index (χ1v) is 13.7. The number of hydrogen-bond donors (Lipinski definition) is 2. The highest BCUT2D eigenvalue weighted by atomic mass is 35.5. The molecule has 0 bridgehead atoms. The molecule has 8 heteroatoms. The third kappa shape index (κ3) is 6.57. The quantitative estimate of drug-likeness (QED) is 0.453. The van der Waals surface area contributed by atoms with E-state index in [1.165, 1.54) is 13.5 Å². The largest absolute Gasteiger partial charge is 0.493 e. The highest BCUT2D eigenvalue weighted by Gasteiger charge is 2.35.